The summed E-state index contributed by atoms with van der Waals surface area (Å²) in [5.41, 5.74) is 0.620. The van der Waals surface area contributed by atoms with E-state index in [1.807, 2.05) is 17.5 Å². The average Bonchev–Trinajstić information content (AvgIpc) is 3.23. The van der Waals surface area contributed by atoms with Crippen LogP contribution in [0.1, 0.15) is 38.6 Å². The first-order valence-electron chi connectivity index (χ1n) is 9.09. The number of nitrogens with zero attached hydrogens (tertiary/aromatic N) is 1. The summed E-state index contributed by atoms with van der Waals surface area (Å²) in [5, 5.41) is 7.61. The van der Waals surface area contributed by atoms with Crippen molar-refractivity contribution in [2.45, 2.75) is 46.6 Å². The molecule has 2 heterocycles. The van der Waals surface area contributed by atoms with E-state index in [2.05, 4.69) is 29.5 Å². The van der Waals surface area contributed by atoms with Gasteiger partial charge in [0.1, 0.15) is 5.76 Å². The van der Waals surface area contributed by atoms with Crippen molar-refractivity contribution in [2.24, 2.45) is 5.92 Å². The van der Waals surface area contributed by atoms with Crippen LogP contribution in [0.5, 0.6) is 0 Å². The third kappa shape index (κ3) is 6.71. The lowest BCUT2D eigenvalue weighted by Gasteiger charge is -2.20. The fourth-order valence-electron chi connectivity index (χ4n) is 2.65. The summed E-state index contributed by atoms with van der Waals surface area (Å²) in [6.45, 7) is 8.33. The number of alkyl carbamates (subject to hydrolysis) is 1. The first-order chi connectivity index (χ1) is 12.9. The smallest absolute Gasteiger partial charge is 0.407 e. The third-order valence-electron chi connectivity index (χ3n) is 3.85. The van der Waals surface area contributed by atoms with Crippen LogP contribution in [0, 0.1) is 12.8 Å². The van der Waals surface area contributed by atoms with Gasteiger partial charge in [0.05, 0.1) is 23.6 Å². The normalized spacial score (nSPS) is 12.0. The molecule has 2 aromatic rings. The zero-order valence-electron chi connectivity index (χ0n) is 16.2. The molecule has 148 valence electrons. The van der Waals surface area contributed by atoms with Crippen LogP contribution in [0.4, 0.5) is 4.79 Å². The average molecular weight is 394 g/mol. The van der Waals surface area contributed by atoms with Gasteiger partial charge >= 0.3 is 6.09 Å². The zero-order chi connectivity index (χ0) is 19.8. The Morgan fingerprint density at radius 2 is 2.15 bits per heavy atom. The van der Waals surface area contributed by atoms with Crippen LogP contribution in [0.3, 0.4) is 0 Å². The number of ether oxygens (including phenoxy) is 1. The van der Waals surface area contributed by atoms with E-state index in [0.717, 1.165) is 11.3 Å². The number of aryl methyl sites for hydroxylation is 1. The van der Waals surface area contributed by atoms with Crippen molar-refractivity contribution in [3.63, 3.8) is 0 Å². The molecule has 1 atom stereocenters. The van der Waals surface area contributed by atoms with Crippen molar-refractivity contribution in [3.05, 3.63) is 29.0 Å². The highest BCUT2D eigenvalue weighted by atomic mass is 32.1. The van der Waals surface area contributed by atoms with E-state index in [0.29, 0.717) is 36.4 Å². The highest BCUT2D eigenvalue weighted by Crippen LogP contribution is 2.26. The molecule has 7 nitrogen and oxygen atoms in total. The Balaban J connectivity index is 1.90. The predicted octanol–water partition coefficient (Wildman–Crippen LogP) is 3.53. The Morgan fingerprint density at radius 3 is 2.78 bits per heavy atom. The van der Waals surface area contributed by atoms with E-state index in [4.69, 9.17) is 9.15 Å². The molecule has 2 amide bonds. The number of hydrogen-bond donors (Lipinski definition) is 2. The number of aromatic nitrogens is 1. The SMILES string of the molecule is CCOC(=O)NC(CNC(=O)Cc1nc(-c2cccs2)oc1C)CC(C)C. The number of nitrogens with one attached hydrogen (secondary N) is 2. The van der Waals surface area contributed by atoms with Gasteiger partial charge in [0.25, 0.3) is 0 Å². The van der Waals surface area contributed by atoms with Crippen LogP contribution in [0.15, 0.2) is 21.9 Å². The lowest BCUT2D eigenvalue weighted by atomic mass is 10.0. The molecule has 0 aliphatic heterocycles. The van der Waals surface area contributed by atoms with Gasteiger partial charge in [-0.2, -0.15) is 0 Å². The van der Waals surface area contributed by atoms with Gasteiger partial charge in [-0.25, -0.2) is 9.78 Å². The van der Waals surface area contributed by atoms with E-state index in [9.17, 15) is 9.59 Å². The van der Waals surface area contributed by atoms with Crippen molar-refractivity contribution in [3.8, 4) is 10.8 Å². The first-order valence-corrected chi connectivity index (χ1v) is 9.97. The molecular formula is C19H27N3O4S. The van der Waals surface area contributed by atoms with Gasteiger partial charge in [0.15, 0.2) is 0 Å². The van der Waals surface area contributed by atoms with E-state index >= 15 is 0 Å². The molecule has 0 saturated heterocycles. The van der Waals surface area contributed by atoms with Crippen molar-refractivity contribution in [1.82, 2.24) is 15.6 Å². The lowest BCUT2D eigenvalue weighted by Crippen LogP contribution is -2.45. The number of carbonyl (C=O) groups is 2. The van der Waals surface area contributed by atoms with Gasteiger partial charge in [0, 0.05) is 12.6 Å². The number of thiophene rings is 1. The maximum absolute atomic E-state index is 12.3. The molecular weight excluding hydrogens is 366 g/mol. The minimum absolute atomic E-state index is 0.133. The van der Waals surface area contributed by atoms with E-state index in [1.165, 1.54) is 11.3 Å². The monoisotopic (exact) mass is 393 g/mol. The van der Waals surface area contributed by atoms with E-state index in [1.54, 1.807) is 13.8 Å². The van der Waals surface area contributed by atoms with Crippen molar-refractivity contribution < 1.29 is 18.7 Å². The van der Waals surface area contributed by atoms with Crippen LogP contribution >= 0.6 is 11.3 Å². The van der Waals surface area contributed by atoms with Crippen LogP contribution in [-0.2, 0) is 16.0 Å². The molecule has 0 radical (unpaired) electrons. The summed E-state index contributed by atoms with van der Waals surface area (Å²) in [6.07, 6.45) is 0.407. The number of carbonyl (C=O) groups excluding carboxylic acids is 2. The molecule has 8 heteroatoms. The van der Waals surface area contributed by atoms with Gasteiger partial charge in [-0.05, 0) is 37.6 Å². The number of amides is 2. The molecule has 2 N–H and O–H groups in total. The van der Waals surface area contributed by atoms with E-state index < -0.39 is 6.09 Å². The molecule has 0 spiro atoms. The standard InChI is InChI=1S/C19H27N3O4S/c1-5-25-19(24)21-14(9-12(2)3)11-20-17(23)10-15-13(4)26-18(22-15)16-7-6-8-27-16/h6-8,12,14H,5,9-11H2,1-4H3,(H,20,23)(H,21,24). The second-order valence-corrected chi connectivity index (χ2v) is 7.62. The van der Waals surface area contributed by atoms with Gasteiger partial charge in [-0.1, -0.05) is 19.9 Å². The van der Waals surface area contributed by atoms with Crippen LogP contribution < -0.4 is 10.6 Å². The number of oxazole rings is 1. The van der Waals surface area contributed by atoms with Gasteiger partial charge in [-0.3, -0.25) is 4.79 Å². The minimum Gasteiger partial charge on any atom is -0.450 e. The summed E-state index contributed by atoms with van der Waals surface area (Å²) in [5.74, 6) is 1.38. The summed E-state index contributed by atoms with van der Waals surface area (Å²) in [7, 11) is 0. The summed E-state index contributed by atoms with van der Waals surface area (Å²) < 4.78 is 10.6. The Morgan fingerprint density at radius 1 is 1.37 bits per heavy atom. The molecule has 0 aliphatic rings. The molecule has 0 aliphatic carbocycles. The quantitative estimate of drug-likeness (QED) is 0.680. The largest absolute Gasteiger partial charge is 0.450 e. The maximum atomic E-state index is 12.3. The topological polar surface area (TPSA) is 93.5 Å². The van der Waals surface area contributed by atoms with Crippen LogP contribution in [0.2, 0.25) is 0 Å². The van der Waals surface area contributed by atoms with Crippen LogP contribution in [-0.4, -0.2) is 36.2 Å². The lowest BCUT2D eigenvalue weighted by molar-refractivity contribution is -0.120. The summed E-state index contributed by atoms with van der Waals surface area (Å²) >= 11 is 1.54. The summed E-state index contributed by atoms with van der Waals surface area (Å²) in [4.78, 5) is 29.4. The highest BCUT2D eigenvalue weighted by molar-refractivity contribution is 7.13. The maximum Gasteiger partial charge on any atom is 0.407 e. The Bertz CT molecular complexity index is 740. The van der Waals surface area contributed by atoms with Crippen molar-refractivity contribution in [1.29, 1.82) is 0 Å². The predicted molar refractivity (Wildman–Crippen MR) is 105 cm³/mol. The minimum atomic E-state index is -0.467. The van der Waals surface area contributed by atoms with Crippen LogP contribution in [0.25, 0.3) is 10.8 Å². The zero-order valence-corrected chi connectivity index (χ0v) is 17.0. The second kappa shape index (κ2) is 10.1. The fourth-order valence-corrected chi connectivity index (χ4v) is 3.30. The molecule has 0 aromatic carbocycles. The number of rotatable bonds is 9. The van der Waals surface area contributed by atoms with Gasteiger partial charge < -0.3 is 19.8 Å². The molecule has 0 saturated carbocycles. The Labute approximate surface area is 163 Å². The fraction of sp³-hybridized carbons (Fsp3) is 0.526. The molecule has 2 aromatic heterocycles. The number of hydrogen-bond acceptors (Lipinski definition) is 6. The third-order valence-corrected chi connectivity index (χ3v) is 4.71. The Kier molecular flexibility index (Phi) is 7.84. The highest BCUT2D eigenvalue weighted by Gasteiger charge is 2.18. The molecule has 0 fully saturated rings. The van der Waals surface area contributed by atoms with Gasteiger partial charge in [0.2, 0.25) is 11.8 Å². The second-order valence-electron chi connectivity index (χ2n) is 6.67. The summed E-state index contributed by atoms with van der Waals surface area (Å²) in [6, 6.07) is 3.67. The van der Waals surface area contributed by atoms with E-state index in [-0.39, 0.29) is 18.4 Å². The van der Waals surface area contributed by atoms with Crippen molar-refractivity contribution in [2.75, 3.05) is 13.2 Å². The molecule has 0 bridgehead atoms. The van der Waals surface area contributed by atoms with Crippen molar-refractivity contribution >= 4 is 23.3 Å². The first kappa shape index (κ1) is 21.0. The molecule has 27 heavy (non-hydrogen) atoms. The van der Waals surface area contributed by atoms with Gasteiger partial charge in [-0.15, -0.1) is 11.3 Å². The molecule has 2 rings (SSSR count). The molecule has 1 unspecified atom stereocenters. The Hall–Kier alpha value is -2.35.